The lowest BCUT2D eigenvalue weighted by Crippen LogP contribution is -2.39. The van der Waals surface area contributed by atoms with Crippen molar-refractivity contribution in [2.75, 3.05) is 25.0 Å². The molecule has 1 atom stereocenters. The van der Waals surface area contributed by atoms with Crippen LogP contribution in [0.25, 0.3) is 0 Å². The number of carbonyl (C=O) groups excluding carboxylic acids is 3. The zero-order valence-corrected chi connectivity index (χ0v) is 18.0. The molecule has 1 aliphatic rings. The number of aromatic nitrogens is 1. The van der Waals surface area contributed by atoms with Crippen molar-refractivity contribution in [3.05, 3.63) is 59.9 Å². The molecule has 3 rings (SSSR count). The Morgan fingerprint density at radius 2 is 2.06 bits per heavy atom. The second kappa shape index (κ2) is 11.6. The predicted molar refractivity (Wildman–Crippen MR) is 120 cm³/mol. The maximum absolute atomic E-state index is 12.5. The van der Waals surface area contributed by atoms with E-state index in [1.807, 2.05) is 6.07 Å². The fraction of sp³-hybridized carbons (Fsp3) is 0.348. The number of anilines is 1. The zero-order chi connectivity index (χ0) is 22.8. The molecule has 0 bridgehead atoms. The van der Waals surface area contributed by atoms with Gasteiger partial charge in [0.15, 0.2) is 0 Å². The van der Waals surface area contributed by atoms with E-state index in [9.17, 15) is 14.4 Å². The average Bonchev–Trinajstić information content (AvgIpc) is 3.31. The largest absolute Gasteiger partial charge is 0.466 e. The van der Waals surface area contributed by atoms with E-state index in [0.717, 1.165) is 30.9 Å². The number of rotatable bonds is 9. The quantitative estimate of drug-likeness (QED) is 0.517. The van der Waals surface area contributed by atoms with Gasteiger partial charge in [0, 0.05) is 36.6 Å². The van der Waals surface area contributed by atoms with Crippen LogP contribution in [0.1, 0.15) is 48.1 Å². The van der Waals surface area contributed by atoms with Crippen LogP contribution in [0, 0.1) is 0 Å². The molecule has 0 radical (unpaired) electrons. The maximum Gasteiger partial charge on any atom is 0.308 e. The third-order valence-corrected chi connectivity index (χ3v) is 4.80. The first kappa shape index (κ1) is 22.9. The molecule has 9 nitrogen and oxygen atoms in total. The topological polar surface area (TPSA) is 122 Å². The normalized spacial score (nSPS) is 13.6. The number of amides is 2. The van der Waals surface area contributed by atoms with Crippen molar-refractivity contribution >= 4 is 29.3 Å². The van der Waals surface area contributed by atoms with Crippen LogP contribution in [0.5, 0.6) is 0 Å². The van der Waals surface area contributed by atoms with Crippen LogP contribution >= 0.6 is 0 Å². The summed E-state index contributed by atoms with van der Waals surface area (Å²) >= 11 is 0. The van der Waals surface area contributed by atoms with E-state index in [2.05, 4.69) is 25.9 Å². The van der Waals surface area contributed by atoms with Crippen LogP contribution in [0.3, 0.4) is 0 Å². The highest BCUT2D eigenvalue weighted by Crippen LogP contribution is 2.17. The molecule has 1 aliphatic heterocycles. The van der Waals surface area contributed by atoms with Crippen molar-refractivity contribution < 1.29 is 19.1 Å². The molecule has 2 heterocycles. The molecule has 0 saturated heterocycles. The van der Waals surface area contributed by atoms with Crippen LogP contribution in [0.4, 0.5) is 5.69 Å². The van der Waals surface area contributed by atoms with Gasteiger partial charge in [-0.15, -0.1) is 0 Å². The minimum Gasteiger partial charge on any atom is -0.466 e. The number of pyridine rings is 1. The van der Waals surface area contributed by atoms with Gasteiger partial charge in [0.05, 0.1) is 25.6 Å². The molecular formula is C23H27N5O4. The summed E-state index contributed by atoms with van der Waals surface area (Å²) in [5.74, 6) is -0.321. The predicted octanol–water partition coefficient (Wildman–Crippen LogP) is 2.23. The molecule has 1 aromatic carbocycles. The van der Waals surface area contributed by atoms with Crippen molar-refractivity contribution in [1.29, 1.82) is 0 Å². The smallest absolute Gasteiger partial charge is 0.308 e. The lowest BCUT2D eigenvalue weighted by molar-refractivity contribution is -0.143. The Hall–Kier alpha value is -3.75. The SMILES string of the molecule is CCOC(=O)CC(NC(=O)CNC(=O)c1cccc(NC2=NCCC2)c1)c1cccnc1. The van der Waals surface area contributed by atoms with Gasteiger partial charge in [-0.2, -0.15) is 0 Å². The van der Waals surface area contributed by atoms with E-state index in [-0.39, 0.29) is 25.5 Å². The number of amidine groups is 1. The van der Waals surface area contributed by atoms with E-state index in [1.54, 1.807) is 49.6 Å². The Labute approximate surface area is 186 Å². The highest BCUT2D eigenvalue weighted by Gasteiger charge is 2.20. The number of benzene rings is 1. The van der Waals surface area contributed by atoms with Crippen molar-refractivity contribution in [3.8, 4) is 0 Å². The monoisotopic (exact) mass is 437 g/mol. The van der Waals surface area contributed by atoms with Gasteiger partial charge in [-0.25, -0.2) is 0 Å². The number of esters is 1. The lowest BCUT2D eigenvalue weighted by atomic mass is 10.1. The van der Waals surface area contributed by atoms with E-state index in [0.29, 0.717) is 11.1 Å². The average molecular weight is 438 g/mol. The van der Waals surface area contributed by atoms with Gasteiger partial charge in [0.25, 0.3) is 5.91 Å². The standard InChI is InChI=1S/C23H27N5O4/c1-2-32-22(30)13-19(17-7-4-10-24-14-17)28-21(29)15-26-23(31)16-6-3-8-18(12-16)27-20-9-5-11-25-20/h3-4,6-8,10,12,14,19H,2,5,9,11,13,15H2,1H3,(H,25,27)(H,26,31)(H,28,29). The Morgan fingerprint density at radius 1 is 1.19 bits per heavy atom. The van der Waals surface area contributed by atoms with Gasteiger partial charge in [-0.3, -0.25) is 24.4 Å². The number of hydrogen-bond donors (Lipinski definition) is 3. The zero-order valence-electron chi connectivity index (χ0n) is 18.0. The third-order valence-electron chi connectivity index (χ3n) is 4.80. The van der Waals surface area contributed by atoms with E-state index in [1.165, 1.54) is 0 Å². The molecule has 0 spiro atoms. The van der Waals surface area contributed by atoms with Gasteiger partial charge < -0.3 is 20.7 Å². The first-order valence-corrected chi connectivity index (χ1v) is 10.6. The van der Waals surface area contributed by atoms with Gasteiger partial charge in [0.2, 0.25) is 5.91 Å². The Bertz CT molecular complexity index is 977. The van der Waals surface area contributed by atoms with E-state index >= 15 is 0 Å². The minimum absolute atomic E-state index is 0.0309. The molecule has 1 aromatic heterocycles. The summed E-state index contributed by atoms with van der Waals surface area (Å²) in [6, 6.07) is 9.90. The summed E-state index contributed by atoms with van der Waals surface area (Å²) in [5.41, 5.74) is 1.87. The number of hydrogen-bond acceptors (Lipinski definition) is 7. The van der Waals surface area contributed by atoms with Crippen molar-refractivity contribution in [1.82, 2.24) is 15.6 Å². The number of carbonyl (C=O) groups is 3. The fourth-order valence-electron chi connectivity index (χ4n) is 3.28. The second-order valence-corrected chi connectivity index (χ2v) is 7.24. The number of aliphatic imine (C=N–C) groups is 1. The molecule has 9 heteroatoms. The Kier molecular flexibility index (Phi) is 8.30. The lowest BCUT2D eigenvalue weighted by Gasteiger charge is -2.18. The molecule has 0 fully saturated rings. The summed E-state index contributed by atoms with van der Waals surface area (Å²) in [5, 5.41) is 8.60. The molecule has 2 aromatic rings. The molecule has 168 valence electrons. The molecule has 0 saturated carbocycles. The molecular weight excluding hydrogens is 410 g/mol. The first-order chi connectivity index (χ1) is 15.5. The highest BCUT2D eigenvalue weighted by atomic mass is 16.5. The van der Waals surface area contributed by atoms with Gasteiger partial charge in [-0.1, -0.05) is 12.1 Å². The first-order valence-electron chi connectivity index (χ1n) is 10.6. The van der Waals surface area contributed by atoms with Crippen LogP contribution < -0.4 is 16.0 Å². The Balaban J connectivity index is 1.56. The molecule has 32 heavy (non-hydrogen) atoms. The van der Waals surface area contributed by atoms with Gasteiger partial charge in [-0.05, 0) is 43.2 Å². The van der Waals surface area contributed by atoms with Crippen LogP contribution in [0.15, 0.2) is 53.8 Å². The van der Waals surface area contributed by atoms with E-state index in [4.69, 9.17) is 4.74 Å². The Morgan fingerprint density at radius 3 is 2.78 bits per heavy atom. The fourth-order valence-corrected chi connectivity index (χ4v) is 3.28. The molecule has 2 amide bonds. The van der Waals surface area contributed by atoms with Crippen LogP contribution in [-0.4, -0.2) is 48.3 Å². The summed E-state index contributed by atoms with van der Waals surface area (Å²) in [7, 11) is 0. The van der Waals surface area contributed by atoms with Gasteiger partial charge >= 0.3 is 5.97 Å². The molecule has 1 unspecified atom stereocenters. The number of ether oxygens (including phenoxy) is 1. The minimum atomic E-state index is -0.605. The highest BCUT2D eigenvalue weighted by molar-refractivity contribution is 6.00. The van der Waals surface area contributed by atoms with Gasteiger partial charge in [0.1, 0.15) is 5.84 Å². The summed E-state index contributed by atoms with van der Waals surface area (Å²) in [4.78, 5) is 45.3. The van der Waals surface area contributed by atoms with Crippen molar-refractivity contribution in [2.24, 2.45) is 4.99 Å². The second-order valence-electron chi connectivity index (χ2n) is 7.24. The molecule has 3 N–H and O–H groups in total. The summed E-state index contributed by atoms with van der Waals surface area (Å²) in [6.45, 7) is 2.55. The van der Waals surface area contributed by atoms with Crippen LogP contribution in [0.2, 0.25) is 0 Å². The van der Waals surface area contributed by atoms with E-state index < -0.39 is 17.9 Å². The molecule has 0 aliphatic carbocycles. The maximum atomic E-state index is 12.5. The van der Waals surface area contributed by atoms with Crippen molar-refractivity contribution in [2.45, 2.75) is 32.2 Å². The number of nitrogens with one attached hydrogen (secondary N) is 3. The van der Waals surface area contributed by atoms with Crippen LogP contribution in [-0.2, 0) is 14.3 Å². The van der Waals surface area contributed by atoms with Crippen molar-refractivity contribution in [3.63, 3.8) is 0 Å². The summed E-state index contributed by atoms with van der Waals surface area (Å²) < 4.78 is 5.00. The summed E-state index contributed by atoms with van der Waals surface area (Å²) in [6.07, 6.45) is 5.07. The third kappa shape index (κ3) is 6.90. The number of nitrogens with zero attached hydrogens (tertiary/aromatic N) is 2.